The fourth-order valence-electron chi connectivity index (χ4n) is 9.50. The predicted octanol–water partition coefficient (Wildman–Crippen LogP) is 31.4. The van der Waals surface area contributed by atoms with Crippen LogP contribution < -0.4 is 0 Å². The number of hydrogen-bond acceptors (Lipinski definition) is 14. The summed E-state index contributed by atoms with van der Waals surface area (Å²) in [7, 11) is 0. The molecule has 140 heavy (non-hydrogen) atoms. The highest BCUT2D eigenvalue weighted by molar-refractivity contribution is 5.20. The number of nitrogens with zero attached hydrogens (tertiary/aromatic N) is 14. The van der Waals surface area contributed by atoms with Crippen LogP contribution in [0.2, 0.25) is 0 Å². The Balaban J connectivity index is 0.000000737. The smallest absolute Gasteiger partial charge is 0.128 e. The highest BCUT2D eigenvalue weighted by atomic mass is 15.0. The van der Waals surface area contributed by atoms with Crippen molar-refractivity contribution < 1.29 is 0 Å². The number of aromatic nitrogens is 14. The first kappa shape index (κ1) is 121. The lowest BCUT2D eigenvalue weighted by molar-refractivity contribution is 0.974. The van der Waals surface area contributed by atoms with E-state index in [4.69, 9.17) is 0 Å². The SMILES string of the molecule is Cc1ccccc1.Cc1ccccc1.Cc1ccccc1.Cc1ccccc1.Cc1ccccc1.Cc1ccccc1.Cc1ccccc1.Cc1ccccc1.Cc1ccccc1.Cc1ccccc1.Cc1ccccc1.Cc1ccccn1.Cc1ccccn1.Cc1cccnc1.Cc1cccnc1.Cc1ccncc1.Cc1ccncn1.Cc1cncnc1.Cc1ncccn1.Cc1ncncn1. The third-order valence-electron chi connectivity index (χ3n) is 17.2. The Hall–Kier alpha value is -16.6. The van der Waals surface area contributed by atoms with Crippen LogP contribution in [0.5, 0.6) is 0 Å². The summed E-state index contributed by atoms with van der Waals surface area (Å²) in [6.45, 7) is 40.5. The number of hydrogen-bond donors (Lipinski definition) is 0. The van der Waals surface area contributed by atoms with Gasteiger partial charge in [0.25, 0.3) is 0 Å². The van der Waals surface area contributed by atoms with Gasteiger partial charge in [0.2, 0.25) is 0 Å². The van der Waals surface area contributed by atoms with Gasteiger partial charge in [-0.15, -0.1) is 0 Å². The molecule has 0 saturated heterocycles. The van der Waals surface area contributed by atoms with Gasteiger partial charge in [0.15, 0.2) is 0 Å². The lowest BCUT2D eigenvalue weighted by Crippen LogP contribution is -1.84. The van der Waals surface area contributed by atoms with Gasteiger partial charge in [-0.2, -0.15) is 0 Å². The van der Waals surface area contributed by atoms with Crippen molar-refractivity contribution in [1.82, 2.24) is 69.8 Å². The molecule has 11 aromatic carbocycles. The monoisotopic (exact) mass is 1860 g/mol. The molecule has 9 heterocycles. The van der Waals surface area contributed by atoms with Gasteiger partial charge in [0.1, 0.15) is 37.0 Å². The van der Waals surface area contributed by atoms with Gasteiger partial charge in [-0.25, -0.2) is 44.9 Å². The number of aryl methyl sites for hydroxylation is 20. The van der Waals surface area contributed by atoms with Crippen molar-refractivity contribution >= 4 is 0 Å². The van der Waals surface area contributed by atoms with Crippen molar-refractivity contribution in [2.75, 3.05) is 0 Å². The minimum Gasteiger partial charge on any atom is -0.265 e. The Morgan fingerprint density at radius 2 is 0.314 bits per heavy atom. The van der Waals surface area contributed by atoms with Gasteiger partial charge in [0.05, 0.1) is 0 Å². The molecule has 0 aliphatic carbocycles. The first-order chi connectivity index (χ1) is 67.9. The summed E-state index contributed by atoms with van der Waals surface area (Å²) in [5.41, 5.74) is 22.5. The highest BCUT2D eigenvalue weighted by Gasteiger charge is 1.85. The second-order valence-electron chi connectivity index (χ2n) is 31.0. The van der Waals surface area contributed by atoms with Crippen LogP contribution in [0.25, 0.3) is 0 Å². The van der Waals surface area contributed by atoms with Gasteiger partial charge in [0, 0.05) is 97.6 Å². The van der Waals surface area contributed by atoms with Crippen LogP contribution in [0.3, 0.4) is 0 Å². The normalized spacial score (nSPS) is 8.71. The molecule has 0 bridgehead atoms. The minimum atomic E-state index is 0.759. The van der Waals surface area contributed by atoms with Gasteiger partial charge in [-0.3, -0.25) is 24.9 Å². The first-order valence-corrected chi connectivity index (χ1v) is 46.2. The van der Waals surface area contributed by atoms with E-state index < -0.39 is 0 Å². The molecule has 0 atom stereocenters. The standard InChI is InChI=1S/11C7H8.5C6H7N.3C5H6N2.C4H5N3/c11*1-7-5-3-2-4-6-7;1-6-2-4-7-5-3-6;2*1-6-3-2-4-7-5-6;2*1-6-4-2-3-5-7-6;1-5-2-6-4-7-3-5;1-5-2-3-6-4-7-5;1-5-6-3-2-4-7-5;1-4-6-2-5-3-7-4/h11*2-6H,1H3;5*2-5H,1H3;3*2-4H,1H3;2-3H,1H3. The molecule has 14 nitrogen and oxygen atoms in total. The minimum absolute atomic E-state index is 0.759. The Kier molecular flexibility index (Phi) is 76.1. The number of benzene rings is 11. The van der Waals surface area contributed by atoms with E-state index in [2.05, 4.69) is 279 Å². The largest absolute Gasteiger partial charge is 0.265 e. The quantitative estimate of drug-likeness (QED) is 0.140. The summed E-state index contributed by atoms with van der Waals surface area (Å²) in [5, 5.41) is 0. The fraction of sp³-hybridized carbons (Fsp3) is 0.159. The molecule has 20 aromatic rings. The molecule has 0 aliphatic heterocycles. The average Bonchev–Trinajstić information content (AvgIpc) is 1.25. The Morgan fingerprint density at radius 1 is 0.107 bits per heavy atom. The second-order valence-corrected chi connectivity index (χ2v) is 31.0. The zero-order valence-corrected chi connectivity index (χ0v) is 85.9. The Labute approximate surface area is 839 Å². The van der Waals surface area contributed by atoms with Gasteiger partial charge >= 0.3 is 0 Å². The summed E-state index contributed by atoms with van der Waals surface area (Å²) < 4.78 is 0. The van der Waals surface area contributed by atoms with E-state index in [1.165, 1.54) is 103 Å². The van der Waals surface area contributed by atoms with Gasteiger partial charge < -0.3 is 0 Å². The molecule has 0 aliphatic rings. The van der Waals surface area contributed by atoms with Crippen LogP contribution in [0.15, 0.2) is 524 Å². The molecule has 0 spiro atoms. The molecule has 0 saturated carbocycles. The summed E-state index contributed by atoms with van der Waals surface area (Å²) in [4.78, 5) is 53.6. The molecule has 0 fully saturated rings. The lowest BCUT2D eigenvalue weighted by Gasteiger charge is -1.82. The van der Waals surface area contributed by atoms with Crippen LogP contribution >= 0.6 is 0 Å². The summed E-state index contributed by atoms with van der Waals surface area (Å²) in [6.07, 6.45) is 29.1. The van der Waals surface area contributed by atoms with Crippen LogP contribution in [0, 0.1) is 138 Å². The lowest BCUT2D eigenvalue weighted by atomic mass is 10.2. The maximum absolute atomic E-state index is 3.98. The summed E-state index contributed by atoms with van der Waals surface area (Å²) in [5.74, 6) is 1.58. The second kappa shape index (κ2) is 87.7. The molecule has 720 valence electrons. The highest BCUT2D eigenvalue weighted by Crippen LogP contribution is 2.02. The maximum atomic E-state index is 3.98. The third kappa shape index (κ3) is 85.6. The molecule has 14 heteroatoms. The first-order valence-electron chi connectivity index (χ1n) is 46.2. The molecule has 0 radical (unpaired) electrons. The van der Waals surface area contributed by atoms with Crippen molar-refractivity contribution in [1.29, 1.82) is 0 Å². The third-order valence-corrected chi connectivity index (χ3v) is 17.2. The summed E-state index contributed by atoms with van der Waals surface area (Å²) >= 11 is 0. The topological polar surface area (TPSA) is 180 Å². The van der Waals surface area contributed by atoms with Crippen molar-refractivity contribution in [2.24, 2.45) is 0 Å². The zero-order chi connectivity index (χ0) is 102. The number of rotatable bonds is 0. The van der Waals surface area contributed by atoms with Crippen molar-refractivity contribution in [3.8, 4) is 0 Å². The summed E-state index contributed by atoms with van der Waals surface area (Å²) in [6, 6.07) is 140. The van der Waals surface area contributed by atoms with Crippen LogP contribution in [-0.4, -0.2) is 69.8 Å². The van der Waals surface area contributed by atoms with Crippen LogP contribution in [-0.2, 0) is 0 Å². The van der Waals surface area contributed by atoms with E-state index in [1.807, 2.05) is 354 Å². The van der Waals surface area contributed by atoms with E-state index in [0.717, 1.165) is 34.3 Å². The molecule has 9 aromatic heterocycles. The predicted molar refractivity (Wildman–Crippen MR) is 593 cm³/mol. The van der Waals surface area contributed by atoms with Crippen molar-refractivity contribution in [3.63, 3.8) is 0 Å². The molecular formula is C126H146N14. The zero-order valence-electron chi connectivity index (χ0n) is 85.9. The Morgan fingerprint density at radius 3 is 0.429 bits per heavy atom. The van der Waals surface area contributed by atoms with E-state index >= 15 is 0 Å². The van der Waals surface area contributed by atoms with Crippen LogP contribution in [0.4, 0.5) is 0 Å². The van der Waals surface area contributed by atoms with Crippen molar-refractivity contribution in [3.05, 3.63) is 637 Å². The van der Waals surface area contributed by atoms with Crippen LogP contribution in [0.1, 0.15) is 112 Å². The molecule has 0 N–H and O–H groups in total. The molecule has 20 rings (SSSR count). The Bertz CT molecular complexity index is 4290. The van der Waals surface area contributed by atoms with Gasteiger partial charge in [-0.1, -0.05) is 419 Å². The fourth-order valence-corrected chi connectivity index (χ4v) is 9.50. The van der Waals surface area contributed by atoms with Crippen molar-refractivity contribution in [2.45, 2.75) is 138 Å². The van der Waals surface area contributed by atoms with E-state index in [0.29, 0.717) is 0 Å². The van der Waals surface area contributed by atoms with Gasteiger partial charge in [-0.05, 0) is 221 Å². The molecule has 0 unspecified atom stereocenters. The number of pyridine rings is 5. The molecule has 0 amide bonds. The maximum Gasteiger partial charge on any atom is 0.128 e. The molecular weight excluding hydrogens is 1710 g/mol. The average molecular weight is 1860 g/mol. The van der Waals surface area contributed by atoms with E-state index in [-0.39, 0.29) is 0 Å². The van der Waals surface area contributed by atoms with E-state index in [9.17, 15) is 0 Å². The van der Waals surface area contributed by atoms with E-state index in [1.54, 1.807) is 74.2 Å².